The first-order valence-corrected chi connectivity index (χ1v) is 9.06. The number of aryl methyl sites for hydroxylation is 1. The standard InChI is InChI=1S/C20H20N4O6/c1-12-16(19(25)26)17(13-5-3-4-6-15(13)24(28)29)18(20(27)30-2)14(22-12)7-9-23-10-8-21-11-23/h3-6,8,10-11,17,22H,7,9H2,1-2H3,(H,25,26). The molecule has 1 unspecified atom stereocenters. The maximum absolute atomic E-state index is 12.8. The Hall–Kier alpha value is -3.95. The minimum absolute atomic E-state index is 0.0370. The minimum atomic E-state index is -1.28. The van der Waals surface area contributed by atoms with E-state index in [4.69, 9.17) is 4.74 Å². The van der Waals surface area contributed by atoms with Crippen LogP contribution in [0.4, 0.5) is 5.69 Å². The van der Waals surface area contributed by atoms with Crippen LogP contribution < -0.4 is 5.32 Å². The number of dihydropyridines is 1. The van der Waals surface area contributed by atoms with E-state index in [-0.39, 0.29) is 22.4 Å². The van der Waals surface area contributed by atoms with Crippen molar-refractivity contribution in [2.45, 2.75) is 25.8 Å². The van der Waals surface area contributed by atoms with Crippen LogP contribution in [0.15, 0.2) is 65.5 Å². The van der Waals surface area contributed by atoms with E-state index in [1.807, 2.05) is 0 Å². The van der Waals surface area contributed by atoms with E-state index in [0.717, 1.165) is 0 Å². The molecule has 0 aliphatic carbocycles. The number of para-hydroxylation sites is 1. The van der Waals surface area contributed by atoms with Gasteiger partial charge in [0.25, 0.3) is 5.69 Å². The van der Waals surface area contributed by atoms with E-state index >= 15 is 0 Å². The first-order valence-electron chi connectivity index (χ1n) is 9.06. The Morgan fingerprint density at radius 1 is 1.33 bits per heavy atom. The van der Waals surface area contributed by atoms with Crippen LogP contribution in [0.2, 0.25) is 0 Å². The molecule has 2 aromatic rings. The Morgan fingerprint density at radius 3 is 2.67 bits per heavy atom. The Bertz CT molecular complexity index is 1060. The molecule has 2 heterocycles. The molecule has 3 rings (SSSR count). The summed E-state index contributed by atoms with van der Waals surface area (Å²) >= 11 is 0. The molecule has 1 aliphatic rings. The van der Waals surface area contributed by atoms with Crippen molar-refractivity contribution in [2.75, 3.05) is 7.11 Å². The summed E-state index contributed by atoms with van der Waals surface area (Å²) in [7, 11) is 1.19. The number of aliphatic carboxylic acids is 1. The normalized spacial score (nSPS) is 16.3. The third kappa shape index (κ3) is 3.93. The Kier molecular flexibility index (Phi) is 5.95. The number of methoxy groups -OCH3 is 1. The Morgan fingerprint density at radius 2 is 2.07 bits per heavy atom. The van der Waals surface area contributed by atoms with Crippen molar-refractivity contribution in [3.8, 4) is 0 Å². The monoisotopic (exact) mass is 412 g/mol. The van der Waals surface area contributed by atoms with Crippen LogP contribution in [-0.2, 0) is 20.9 Å². The van der Waals surface area contributed by atoms with Gasteiger partial charge in [-0.15, -0.1) is 0 Å². The SMILES string of the molecule is COC(=O)C1=C(CCn2ccnc2)NC(C)=C(C(=O)O)C1c1ccccc1[N+](=O)[O-]. The third-order valence-electron chi connectivity index (χ3n) is 4.90. The number of aromatic nitrogens is 2. The zero-order valence-electron chi connectivity index (χ0n) is 16.4. The van der Waals surface area contributed by atoms with E-state index in [0.29, 0.717) is 24.4 Å². The number of ether oxygens (including phenoxy) is 1. The molecule has 0 spiro atoms. The number of rotatable bonds is 7. The molecule has 1 aliphatic heterocycles. The van der Waals surface area contributed by atoms with Crippen molar-refractivity contribution in [3.05, 3.63) is 81.2 Å². The smallest absolute Gasteiger partial charge is 0.336 e. The van der Waals surface area contributed by atoms with Crippen molar-refractivity contribution in [2.24, 2.45) is 0 Å². The van der Waals surface area contributed by atoms with E-state index in [2.05, 4.69) is 10.3 Å². The third-order valence-corrected chi connectivity index (χ3v) is 4.90. The fourth-order valence-electron chi connectivity index (χ4n) is 3.60. The minimum Gasteiger partial charge on any atom is -0.478 e. The number of carboxylic acid groups (broad SMARTS) is 1. The van der Waals surface area contributed by atoms with Crippen molar-refractivity contribution in [1.29, 1.82) is 0 Å². The number of allylic oxidation sites excluding steroid dienone is 2. The van der Waals surface area contributed by atoms with Gasteiger partial charge in [-0.1, -0.05) is 18.2 Å². The highest BCUT2D eigenvalue weighted by Crippen LogP contribution is 2.42. The number of carbonyl (C=O) groups excluding carboxylic acids is 1. The quantitative estimate of drug-likeness (QED) is 0.402. The molecule has 0 amide bonds. The van der Waals surface area contributed by atoms with E-state index in [9.17, 15) is 24.8 Å². The van der Waals surface area contributed by atoms with Crippen LogP contribution in [-0.4, -0.2) is 38.6 Å². The van der Waals surface area contributed by atoms with Gasteiger partial charge in [-0.3, -0.25) is 10.1 Å². The van der Waals surface area contributed by atoms with Gasteiger partial charge in [-0.25, -0.2) is 14.6 Å². The van der Waals surface area contributed by atoms with E-state index in [1.54, 1.807) is 36.3 Å². The number of hydrogen-bond acceptors (Lipinski definition) is 7. The summed E-state index contributed by atoms with van der Waals surface area (Å²) in [5.41, 5.74) is 0.485. The van der Waals surface area contributed by atoms with Gasteiger partial charge < -0.3 is 19.7 Å². The van der Waals surface area contributed by atoms with Gasteiger partial charge in [0, 0.05) is 48.4 Å². The van der Waals surface area contributed by atoms with Crippen molar-refractivity contribution in [1.82, 2.24) is 14.9 Å². The number of nitro groups is 1. The van der Waals surface area contributed by atoms with Gasteiger partial charge in [0.15, 0.2) is 0 Å². The lowest BCUT2D eigenvalue weighted by Gasteiger charge is -2.30. The van der Waals surface area contributed by atoms with Crippen LogP contribution in [0, 0.1) is 10.1 Å². The summed E-state index contributed by atoms with van der Waals surface area (Å²) in [6.07, 6.45) is 5.33. The summed E-state index contributed by atoms with van der Waals surface area (Å²) in [5.74, 6) is -3.19. The lowest BCUT2D eigenvalue weighted by atomic mass is 9.79. The first kappa shape index (κ1) is 20.8. The first-order chi connectivity index (χ1) is 14.3. The van der Waals surface area contributed by atoms with Gasteiger partial charge in [-0.05, 0) is 6.92 Å². The number of esters is 1. The molecular weight excluding hydrogens is 392 g/mol. The van der Waals surface area contributed by atoms with Crippen molar-refractivity contribution < 1.29 is 24.4 Å². The maximum atomic E-state index is 12.8. The van der Waals surface area contributed by atoms with Crippen LogP contribution in [0.5, 0.6) is 0 Å². The zero-order valence-corrected chi connectivity index (χ0v) is 16.4. The Labute approximate surface area is 171 Å². The molecule has 0 fully saturated rings. The molecule has 10 heteroatoms. The molecule has 0 saturated heterocycles. The summed E-state index contributed by atoms with van der Waals surface area (Å²) in [4.78, 5) is 39.8. The number of hydrogen-bond donors (Lipinski definition) is 2. The zero-order chi connectivity index (χ0) is 21.8. The van der Waals surface area contributed by atoms with Gasteiger partial charge in [0.05, 0.1) is 35.4 Å². The molecule has 30 heavy (non-hydrogen) atoms. The molecule has 156 valence electrons. The molecule has 0 saturated carbocycles. The summed E-state index contributed by atoms with van der Waals surface area (Å²) < 4.78 is 6.73. The molecule has 0 radical (unpaired) electrons. The van der Waals surface area contributed by atoms with Gasteiger partial charge >= 0.3 is 11.9 Å². The second-order valence-corrected chi connectivity index (χ2v) is 6.65. The van der Waals surface area contributed by atoms with Crippen molar-refractivity contribution >= 4 is 17.6 Å². The molecular formula is C20H20N4O6. The number of benzene rings is 1. The maximum Gasteiger partial charge on any atom is 0.336 e. The highest BCUT2D eigenvalue weighted by molar-refractivity contribution is 5.99. The van der Waals surface area contributed by atoms with E-state index < -0.39 is 22.8 Å². The van der Waals surface area contributed by atoms with Gasteiger partial charge in [-0.2, -0.15) is 0 Å². The molecule has 1 aromatic carbocycles. The fourth-order valence-corrected chi connectivity index (χ4v) is 3.60. The molecule has 2 N–H and O–H groups in total. The van der Waals surface area contributed by atoms with Crippen LogP contribution in [0.1, 0.15) is 24.8 Å². The highest BCUT2D eigenvalue weighted by atomic mass is 16.6. The second kappa shape index (κ2) is 8.60. The number of nitrogens with one attached hydrogen (secondary N) is 1. The lowest BCUT2D eigenvalue weighted by Crippen LogP contribution is -2.33. The van der Waals surface area contributed by atoms with Gasteiger partial charge in [0.2, 0.25) is 0 Å². The van der Waals surface area contributed by atoms with Crippen LogP contribution in [0.25, 0.3) is 0 Å². The number of nitro benzene ring substituents is 1. The fraction of sp³-hybridized carbons (Fsp3) is 0.250. The molecule has 0 bridgehead atoms. The number of nitrogens with zero attached hydrogens (tertiary/aromatic N) is 3. The summed E-state index contributed by atoms with van der Waals surface area (Å²) in [6, 6.07) is 5.80. The number of carboxylic acids is 1. The van der Waals surface area contributed by atoms with Gasteiger partial charge in [0.1, 0.15) is 0 Å². The van der Waals surface area contributed by atoms with Crippen molar-refractivity contribution in [3.63, 3.8) is 0 Å². The Balaban J connectivity index is 2.20. The van der Waals surface area contributed by atoms with E-state index in [1.165, 1.54) is 25.3 Å². The number of imidazole rings is 1. The topological polar surface area (TPSA) is 137 Å². The lowest BCUT2D eigenvalue weighted by molar-refractivity contribution is -0.385. The highest BCUT2D eigenvalue weighted by Gasteiger charge is 2.40. The summed E-state index contributed by atoms with van der Waals surface area (Å²) in [6.45, 7) is 2.03. The number of carbonyl (C=O) groups is 2. The second-order valence-electron chi connectivity index (χ2n) is 6.65. The predicted octanol–water partition coefficient (Wildman–Crippen LogP) is 2.35. The predicted molar refractivity (Wildman–Crippen MR) is 105 cm³/mol. The average molecular weight is 412 g/mol. The molecule has 1 aromatic heterocycles. The van der Waals surface area contributed by atoms with Crippen LogP contribution >= 0.6 is 0 Å². The largest absolute Gasteiger partial charge is 0.478 e. The molecule has 10 nitrogen and oxygen atoms in total. The average Bonchev–Trinajstić information content (AvgIpc) is 3.24. The van der Waals surface area contributed by atoms with Crippen LogP contribution in [0.3, 0.4) is 0 Å². The molecule has 1 atom stereocenters. The summed E-state index contributed by atoms with van der Waals surface area (Å²) in [5, 5.41) is 24.5.